The van der Waals surface area contributed by atoms with Gasteiger partial charge in [0.1, 0.15) is 5.82 Å². The molecule has 0 fully saturated rings. The van der Waals surface area contributed by atoms with Crippen molar-refractivity contribution in [2.24, 2.45) is 0 Å². The van der Waals surface area contributed by atoms with Crippen LogP contribution in [0.5, 0.6) is 0 Å². The van der Waals surface area contributed by atoms with Gasteiger partial charge in [-0.3, -0.25) is 0 Å². The maximum atomic E-state index is 12.7. The molecule has 0 atom stereocenters. The molecule has 0 spiro atoms. The molecular weight excluding hydrogens is 159 g/mol. The van der Waals surface area contributed by atoms with Gasteiger partial charge in [-0.1, -0.05) is 6.92 Å². The molecule has 3 heteroatoms. The standard InChI is InChI=1S/C9H9FO2/c1-2-6-3-7(9(11)12)5-8(10)4-6/h3-5H,2H2,1H3,(H,11,12). The third-order valence-corrected chi connectivity index (χ3v) is 1.61. The Morgan fingerprint density at radius 3 is 2.67 bits per heavy atom. The molecule has 64 valence electrons. The van der Waals surface area contributed by atoms with Crippen LogP contribution in [0.15, 0.2) is 18.2 Å². The molecule has 0 heterocycles. The van der Waals surface area contributed by atoms with E-state index in [0.717, 1.165) is 6.07 Å². The second kappa shape index (κ2) is 3.34. The highest BCUT2D eigenvalue weighted by atomic mass is 19.1. The Labute approximate surface area is 69.6 Å². The van der Waals surface area contributed by atoms with E-state index in [2.05, 4.69) is 0 Å². The number of hydrogen-bond donors (Lipinski definition) is 1. The molecule has 12 heavy (non-hydrogen) atoms. The summed E-state index contributed by atoms with van der Waals surface area (Å²) in [6, 6.07) is 3.83. The lowest BCUT2D eigenvalue weighted by atomic mass is 10.1. The minimum atomic E-state index is -1.09. The van der Waals surface area contributed by atoms with Crippen LogP contribution in [-0.4, -0.2) is 11.1 Å². The summed E-state index contributed by atoms with van der Waals surface area (Å²) in [4.78, 5) is 10.5. The molecule has 2 nitrogen and oxygen atoms in total. The highest BCUT2D eigenvalue weighted by Crippen LogP contribution is 2.09. The number of aryl methyl sites for hydroxylation is 1. The van der Waals surface area contributed by atoms with Gasteiger partial charge in [0.05, 0.1) is 5.56 Å². The molecule has 0 aliphatic heterocycles. The van der Waals surface area contributed by atoms with Crippen LogP contribution in [0.2, 0.25) is 0 Å². The summed E-state index contributed by atoms with van der Waals surface area (Å²) in [5.74, 6) is -1.59. The monoisotopic (exact) mass is 168 g/mol. The molecule has 0 radical (unpaired) electrons. The van der Waals surface area contributed by atoms with Crippen LogP contribution in [0.25, 0.3) is 0 Å². The minimum Gasteiger partial charge on any atom is -0.478 e. The fourth-order valence-electron chi connectivity index (χ4n) is 0.978. The molecule has 0 bridgehead atoms. The van der Waals surface area contributed by atoms with Crippen molar-refractivity contribution in [1.82, 2.24) is 0 Å². The average molecular weight is 168 g/mol. The van der Waals surface area contributed by atoms with Gasteiger partial charge in [-0.2, -0.15) is 0 Å². The van der Waals surface area contributed by atoms with E-state index in [1.165, 1.54) is 12.1 Å². The maximum absolute atomic E-state index is 12.7. The highest BCUT2D eigenvalue weighted by molar-refractivity contribution is 5.87. The smallest absolute Gasteiger partial charge is 0.335 e. The van der Waals surface area contributed by atoms with Crippen molar-refractivity contribution in [2.75, 3.05) is 0 Å². The second-order valence-corrected chi connectivity index (χ2v) is 2.51. The highest BCUT2D eigenvalue weighted by Gasteiger charge is 2.05. The molecule has 0 saturated heterocycles. The zero-order valence-corrected chi connectivity index (χ0v) is 6.67. The summed E-state index contributed by atoms with van der Waals surface area (Å²) in [6.45, 7) is 1.85. The number of carboxylic acid groups (broad SMARTS) is 1. The lowest BCUT2D eigenvalue weighted by Crippen LogP contribution is -1.98. The molecule has 0 saturated carbocycles. The van der Waals surface area contributed by atoms with Crippen molar-refractivity contribution in [3.8, 4) is 0 Å². The SMILES string of the molecule is CCc1cc(F)cc(C(=O)O)c1. The number of halogens is 1. The summed E-state index contributed by atoms with van der Waals surface area (Å²) < 4.78 is 12.7. The lowest BCUT2D eigenvalue weighted by molar-refractivity contribution is 0.0696. The molecule has 0 aliphatic carbocycles. The third-order valence-electron chi connectivity index (χ3n) is 1.61. The van der Waals surface area contributed by atoms with E-state index in [1.54, 1.807) is 0 Å². The van der Waals surface area contributed by atoms with Gasteiger partial charge in [0.2, 0.25) is 0 Å². The molecule has 0 unspecified atom stereocenters. The van der Waals surface area contributed by atoms with E-state index in [1.807, 2.05) is 6.92 Å². The van der Waals surface area contributed by atoms with Gasteiger partial charge in [0.15, 0.2) is 0 Å². The Hall–Kier alpha value is -1.38. The van der Waals surface area contributed by atoms with Crippen LogP contribution < -0.4 is 0 Å². The van der Waals surface area contributed by atoms with E-state index < -0.39 is 11.8 Å². The summed E-state index contributed by atoms with van der Waals surface area (Å²) in [7, 11) is 0. The Morgan fingerprint density at radius 1 is 1.50 bits per heavy atom. The van der Waals surface area contributed by atoms with Crippen molar-refractivity contribution in [2.45, 2.75) is 13.3 Å². The number of benzene rings is 1. The third kappa shape index (κ3) is 1.81. The first-order valence-electron chi connectivity index (χ1n) is 3.66. The van der Waals surface area contributed by atoms with Crippen molar-refractivity contribution in [3.05, 3.63) is 35.1 Å². The molecule has 1 aromatic carbocycles. The topological polar surface area (TPSA) is 37.3 Å². The fraction of sp³-hybridized carbons (Fsp3) is 0.222. The first kappa shape index (κ1) is 8.71. The fourth-order valence-corrected chi connectivity index (χ4v) is 0.978. The van der Waals surface area contributed by atoms with Gasteiger partial charge in [-0.25, -0.2) is 9.18 Å². The number of carbonyl (C=O) groups is 1. The van der Waals surface area contributed by atoms with E-state index in [0.29, 0.717) is 12.0 Å². The van der Waals surface area contributed by atoms with Gasteiger partial charge in [-0.05, 0) is 30.2 Å². The molecular formula is C9H9FO2. The molecule has 0 aliphatic rings. The predicted molar refractivity (Wildman–Crippen MR) is 42.7 cm³/mol. The van der Waals surface area contributed by atoms with Crippen molar-refractivity contribution >= 4 is 5.97 Å². The lowest BCUT2D eigenvalue weighted by Gasteiger charge is -1.99. The minimum absolute atomic E-state index is 0.00634. The Balaban J connectivity index is 3.15. The zero-order chi connectivity index (χ0) is 9.14. The first-order valence-corrected chi connectivity index (χ1v) is 3.66. The van der Waals surface area contributed by atoms with Gasteiger partial charge in [0, 0.05) is 0 Å². The molecule has 1 rings (SSSR count). The maximum Gasteiger partial charge on any atom is 0.335 e. The molecule has 1 N–H and O–H groups in total. The second-order valence-electron chi connectivity index (χ2n) is 2.51. The number of rotatable bonds is 2. The summed E-state index contributed by atoms with van der Waals surface area (Å²) >= 11 is 0. The van der Waals surface area contributed by atoms with Gasteiger partial charge < -0.3 is 5.11 Å². The molecule has 1 aromatic rings. The number of aromatic carboxylic acids is 1. The summed E-state index contributed by atoms with van der Waals surface area (Å²) in [5, 5.41) is 8.56. The molecule has 0 amide bonds. The van der Waals surface area contributed by atoms with Gasteiger partial charge in [-0.15, -0.1) is 0 Å². The van der Waals surface area contributed by atoms with Crippen LogP contribution in [0.1, 0.15) is 22.8 Å². The predicted octanol–water partition coefficient (Wildman–Crippen LogP) is 2.09. The quantitative estimate of drug-likeness (QED) is 0.734. The Kier molecular flexibility index (Phi) is 2.43. The number of hydrogen-bond acceptors (Lipinski definition) is 1. The molecule has 0 aromatic heterocycles. The first-order chi connectivity index (χ1) is 5.63. The normalized spacial score (nSPS) is 9.83. The Bertz CT molecular complexity index is 307. The van der Waals surface area contributed by atoms with Crippen LogP contribution in [0, 0.1) is 5.82 Å². The van der Waals surface area contributed by atoms with E-state index in [9.17, 15) is 9.18 Å². The number of carboxylic acids is 1. The van der Waals surface area contributed by atoms with E-state index in [4.69, 9.17) is 5.11 Å². The van der Waals surface area contributed by atoms with Crippen molar-refractivity contribution in [1.29, 1.82) is 0 Å². The van der Waals surface area contributed by atoms with Crippen LogP contribution in [-0.2, 0) is 6.42 Å². The Morgan fingerprint density at radius 2 is 2.17 bits per heavy atom. The summed E-state index contributed by atoms with van der Waals surface area (Å²) in [6.07, 6.45) is 0.637. The van der Waals surface area contributed by atoms with Gasteiger partial charge >= 0.3 is 5.97 Å². The largest absolute Gasteiger partial charge is 0.478 e. The van der Waals surface area contributed by atoms with E-state index >= 15 is 0 Å². The summed E-state index contributed by atoms with van der Waals surface area (Å²) in [5.41, 5.74) is 0.708. The van der Waals surface area contributed by atoms with Crippen molar-refractivity contribution in [3.63, 3.8) is 0 Å². The average Bonchev–Trinajstić information content (AvgIpc) is 2.03. The zero-order valence-electron chi connectivity index (χ0n) is 6.67. The van der Waals surface area contributed by atoms with E-state index in [-0.39, 0.29) is 5.56 Å². The van der Waals surface area contributed by atoms with Crippen LogP contribution in [0.4, 0.5) is 4.39 Å². The van der Waals surface area contributed by atoms with Crippen molar-refractivity contribution < 1.29 is 14.3 Å². The van der Waals surface area contributed by atoms with Gasteiger partial charge in [0.25, 0.3) is 0 Å². The van der Waals surface area contributed by atoms with Crippen LogP contribution in [0.3, 0.4) is 0 Å². The van der Waals surface area contributed by atoms with Crippen LogP contribution >= 0.6 is 0 Å².